The molecule has 0 fully saturated rings. The van der Waals surface area contributed by atoms with Crippen molar-refractivity contribution < 1.29 is 18.0 Å². The molecule has 0 saturated carbocycles. The molecule has 30 heavy (non-hydrogen) atoms. The maximum absolute atomic E-state index is 13.3. The van der Waals surface area contributed by atoms with Crippen LogP contribution in [-0.4, -0.2) is 10.5 Å². The van der Waals surface area contributed by atoms with Crippen LogP contribution < -0.4 is 4.90 Å². The molecule has 1 aliphatic heterocycles. The number of anilines is 1. The Morgan fingerprint density at radius 1 is 0.867 bits per heavy atom. The van der Waals surface area contributed by atoms with Crippen LogP contribution in [0.1, 0.15) is 33.1 Å². The van der Waals surface area contributed by atoms with Crippen molar-refractivity contribution >= 4 is 22.5 Å². The number of fused-ring (bicyclic) bond motifs is 2. The molecule has 1 unspecified atom stereocenters. The average Bonchev–Trinajstić information content (AvgIpc) is 3.22. The molecule has 2 heterocycles. The Labute approximate surface area is 171 Å². The van der Waals surface area contributed by atoms with Gasteiger partial charge in [-0.3, -0.25) is 9.69 Å². The topological polar surface area (TPSA) is 25.2 Å². The standard InChI is InChI=1S/C24H17F3N2O/c1-28-14-20(17-9-4-5-12-21(17)28)22-18-10-2-3-11-19(18)23(30)29(22)16-8-6-7-15(13-16)24(25,26)27/h2-14,22H,1H3. The SMILES string of the molecule is Cn1cc(C2c3ccccc3C(=O)N2c2cccc(C(F)(F)F)c2)c2ccccc21. The van der Waals surface area contributed by atoms with E-state index < -0.39 is 17.8 Å². The first-order chi connectivity index (χ1) is 14.4. The van der Waals surface area contributed by atoms with E-state index in [1.807, 2.05) is 54.2 Å². The number of aryl methyl sites for hydroxylation is 1. The molecule has 0 spiro atoms. The van der Waals surface area contributed by atoms with Crippen molar-refractivity contribution in [2.24, 2.45) is 7.05 Å². The molecule has 1 amide bonds. The van der Waals surface area contributed by atoms with Gasteiger partial charge in [-0.2, -0.15) is 13.2 Å². The Bertz CT molecular complexity index is 1290. The highest BCUT2D eigenvalue weighted by atomic mass is 19.4. The second kappa shape index (κ2) is 6.49. The van der Waals surface area contributed by atoms with Crippen molar-refractivity contribution in [3.05, 3.63) is 101 Å². The van der Waals surface area contributed by atoms with Crippen LogP contribution in [0.2, 0.25) is 0 Å². The van der Waals surface area contributed by atoms with E-state index in [0.717, 1.165) is 34.2 Å². The number of amides is 1. The van der Waals surface area contributed by atoms with Gasteiger partial charge in [0.2, 0.25) is 0 Å². The van der Waals surface area contributed by atoms with E-state index in [2.05, 4.69) is 0 Å². The zero-order chi connectivity index (χ0) is 21.0. The molecular formula is C24H17F3N2O. The van der Waals surface area contributed by atoms with E-state index in [1.165, 1.54) is 11.0 Å². The zero-order valence-corrected chi connectivity index (χ0v) is 16.0. The molecule has 0 bridgehead atoms. The van der Waals surface area contributed by atoms with Crippen molar-refractivity contribution in [1.29, 1.82) is 0 Å². The van der Waals surface area contributed by atoms with Crippen LogP contribution in [0.4, 0.5) is 18.9 Å². The number of benzene rings is 3. The largest absolute Gasteiger partial charge is 0.416 e. The van der Waals surface area contributed by atoms with Crippen LogP contribution in [0.25, 0.3) is 10.9 Å². The number of carbonyl (C=O) groups is 1. The Morgan fingerprint density at radius 3 is 2.40 bits per heavy atom. The minimum Gasteiger partial charge on any atom is -0.350 e. The van der Waals surface area contributed by atoms with Gasteiger partial charge in [0.15, 0.2) is 0 Å². The molecule has 1 aromatic heterocycles. The third kappa shape index (κ3) is 2.71. The van der Waals surface area contributed by atoms with E-state index >= 15 is 0 Å². The minimum absolute atomic E-state index is 0.226. The summed E-state index contributed by atoms with van der Waals surface area (Å²) in [5.74, 6) is -0.303. The first kappa shape index (κ1) is 18.5. The van der Waals surface area contributed by atoms with Gasteiger partial charge < -0.3 is 4.57 Å². The number of hydrogen-bond acceptors (Lipinski definition) is 1. The fraction of sp³-hybridized carbons (Fsp3) is 0.125. The van der Waals surface area contributed by atoms with Gasteiger partial charge in [-0.1, -0.05) is 42.5 Å². The van der Waals surface area contributed by atoms with Crippen LogP contribution in [0.3, 0.4) is 0 Å². The van der Waals surface area contributed by atoms with Gasteiger partial charge in [0, 0.05) is 41.0 Å². The molecule has 5 rings (SSSR count). The molecule has 0 saturated heterocycles. The summed E-state index contributed by atoms with van der Waals surface area (Å²) >= 11 is 0. The summed E-state index contributed by atoms with van der Waals surface area (Å²) in [6.07, 6.45) is -2.54. The van der Waals surface area contributed by atoms with E-state index in [-0.39, 0.29) is 11.6 Å². The van der Waals surface area contributed by atoms with Gasteiger partial charge in [0.25, 0.3) is 5.91 Å². The number of aromatic nitrogens is 1. The van der Waals surface area contributed by atoms with Gasteiger partial charge in [0.05, 0.1) is 11.6 Å². The van der Waals surface area contributed by atoms with Gasteiger partial charge >= 0.3 is 6.18 Å². The predicted octanol–water partition coefficient (Wildman–Crippen LogP) is 5.95. The molecule has 0 N–H and O–H groups in total. The van der Waals surface area contributed by atoms with E-state index in [9.17, 15) is 18.0 Å². The molecule has 3 aromatic carbocycles. The van der Waals surface area contributed by atoms with E-state index in [0.29, 0.717) is 5.56 Å². The van der Waals surface area contributed by atoms with E-state index in [1.54, 1.807) is 18.2 Å². The lowest BCUT2D eigenvalue weighted by molar-refractivity contribution is -0.137. The van der Waals surface area contributed by atoms with Crippen LogP contribution >= 0.6 is 0 Å². The molecule has 1 aliphatic rings. The number of halogens is 3. The van der Waals surface area contributed by atoms with E-state index in [4.69, 9.17) is 0 Å². The number of carbonyl (C=O) groups excluding carboxylic acids is 1. The number of rotatable bonds is 2. The van der Waals surface area contributed by atoms with Crippen LogP contribution in [0, 0.1) is 0 Å². The summed E-state index contributed by atoms with van der Waals surface area (Å²) < 4.78 is 42.0. The third-order valence-corrected chi connectivity index (χ3v) is 5.64. The van der Waals surface area contributed by atoms with Gasteiger partial charge in [-0.15, -0.1) is 0 Å². The molecule has 3 nitrogen and oxygen atoms in total. The monoisotopic (exact) mass is 406 g/mol. The second-order valence-corrected chi connectivity index (χ2v) is 7.43. The first-order valence-corrected chi connectivity index (χ1v) is 9.50. The van der Waals surface area contributed by atoms with Crippen molar-refractivity contribution in [3.8, 4) is 0 Å². The fourth-order valence-electron chi connectivity index (χ4n) is 4.31. The highest BCUT2D eigenvalue weighted by Crippen LogP contribution is 2.45. The smallest absolute Gasteiger partial charge is 0.350 e. The first-order valence-electron chi connectivity index (χ1n) is 9.50. The second-order valence-electron chi connectivity index (χ2n) is 7.43. The lowest BCUT2D eigenvalue weighted by Crippen LogP contribution is -2.28. The average molecular weight is 406 g/mol. The quantitative estimate of drug-likeness (QED) is 0.404. The van der Waals surface area contributed by atoms with Gasteiger partial charge in [0.1, 0.15) is 0 Å². The summed E-state index contributed by atoms with van der Waals surface area (Å²) in [4.78, 5) is 14.8. The number of para-hydroxylation sites is 1. The molecule has 6 heteroatoms. The molecule has 0 aliphatic carbocycles. The third-order valence-electron chi connectivity index (χ3n) is 5.64. The Hall–Kier alpha value is -3.54. The number of hydrogen-bond donors (Lipinski definition) is 0. The minimum atomic E-state index is -4.49. The lowest BCUT2D eigenvalue weighted by atomic mass is 9.97. The summed E-state index contributed by atoms with van der Waals surface area (Å²) in [6.45, 7) is 0. The highest BCUT2D eigenvalue weighted by molar-refractivity contribution is 6.12. The molecular weight excluding hydrogens is 389 g/mol. The molecule has 4 aromatic rings. The maximum Gasteiger partial charge on any atom is 0.416 e. The zero-order valence-electron chi connectivity index (χ0n) is 16.0. The van der Waals surface area contributed by atoms with Crippen molar-refractivity contribution in [2.45, 2.75) is 12.2 Å². The Balaban J connectivity index is 1.75. The van der Waals surface area contributed by atoms with Crippen LogP contribution in [-0.2, 0) is 13.2 Å². The summed E-state index contributed by atoms with van der Waals surface area (Å²) in [7, 11) is 1.92. The van der Waals surface area contributed by atoms with Gasteiger partial charge in [-0.05, 0) is 35.9 Å². The summed E-state index contributed by atoms with van der Waals surface area (Å²) in [6, 6.07) is 19.5. The molecule has 0 radical (unpaired) electrons. The van der Waals surface area contributed by atoms with Crippen molar-refractivity contribution in [3.63, 3.8) is 0 Å². The highest BCUT2D eigenvalue weighted by Gasteiger charge is 2.40. The Morgan fingerprint density at radius 2 is 1.60 bits per heavy atom. The number of alkyl halides is 3. The molecule has 1 atom stereocenters. The fourth-order valence-corrected chi connectivity index (χ4v) is 4.31. The molecule has 150 valence electrons. The van der Waals surface area contributed by atoms with Crippen LogP contribution in [0.5, 0.6) is 0 Å². The summed E-state index contributed by atoms with van der Waals surface area (Å²) in [5, 5.41) is 0.964. The lowest BCUT2D eigenvalue weighted by Gasteiger charge is -2.26. The summed E-state index contributed by atoms with van der Waals surface area (Å²) in [5.41, 5.74) is 2.62. The van der Waals surface area contributed by atoms with Crippen molar-refractivity contribution in [1.82, 2.24) is 4.57 Å². The van der Waals surface area contributed by atoms with Crippen LogP contribution in [0.15, 0.2) is 79.0 Å². The number of nitrogens with zero attached hydrogens (tertiary/aromatic N) is 2. The maximum atomic E-state index is 13.3. The van der Waals surface area contributed by atoms with Gasteiger partial charge in [-0.25, -0.2) is 0 Å². The predicted molar refractivity (Wildman–Crippen MR) is 109 cm³/mol. The Kier molecular flexibility index (Phi) is 4.00. The van der Waals surface area contributed by atoms with Crippen molar-refractivity contribution in [2.75, 3.05) is 4.90 Å². The normalized spacial score (nSPS) is 16.3.